The van der Waals surface area contributed by atoms with E-state index in [1.807, 2.05) is 53.6 Å². The quantitative estimate of drug-likeness (QED) is 0.487. The lowest BCUT2D eigenvalue weighted by Crippen LogP contribution is -2.46. The summed E-state index contributed by atoms with van der Waals surface area (Å²) in [5.74, 6) is -0.270. The summed E-state index contributed by atoms with van der Waals surface area (Å²) in [6.07, 6.45) is 14.7. The lowest BCUT2D eigenvalue weighted by Gasteiger charge is -2.28. The molecule has 0 saturated carbocycles. The van der Waals surface area contributed by atoms with Crippen LogP contribution in [0.25, 0.3) is 16.8 Å². The topological polar surface area (TPSA) is 65.3 Å². The van der Waals surface area contributed by atoms with Crippen molar-refractivity contribution in [3.8, 4) is 16.8 Å². The van der Waals surface area contributed by atoms with E-state index in [2.05, 4.69) is 0 Å². The molecule has 0 radical (unpaired) electrons. The predicted octanol–water partition coefficient (Wildman–Crippen LogP) is 3.49. The smallest absolute Gasteiger partial charge is 0.324 e. The molecule has 152 valence electrons. The van der Waals surface area contributed by atoms with Crippen LogP contribution in [0.4, 0.5) is 4.39 Å². The van der Waals surface area contributed by atoms with Gasteiger partial charge in [-0.1, -0.05) is 24.3 Å². The fourth-order valence-electron chi connectivity index (χ4n) is 3.55. The maximum Gasteiger partial charge on any atom is 0.342 e. The summed E-state index contributed by atoms with van der Waals surface area (Å²) < 4.78 is 28.9. The SMILES string of the molecule is O=P(O)(O)C1(C[n+]2ccc(-c3cc[n+](-c4ccc(F)cc4)cc3)cc2)C=CC=CC1. The highest BCUT2D eigenvalue weighted by atomic mass is 31.2. The van der Waals surface area contributed by atoms with Crippen LogP contribution in [0.1, 0.15) is 6.42 Å². The van der Waals surface area contributed by atoms with Gasteiger partial charge in [0.25, 0.3) is 0 Å². The lowest BCUT2D eigenvalue weighted by atomic mass is 9.99. The van der Waals surface area contributed by atoms with E-state index in [1.165, 1.54) is 12.1 Å². The molecule has 5 nitrogen and oxygen atoms in total. The Kier molecular flexibility index (Phi) is 5.48. The number of halogens is 1. The van der Waals surface area contributed by atoms with Gasteiger partial charge in [-0.25, -0.2) is 8.96 Å². The zero-order valence-corrected chi connectivity index (χ0v) is 17.1. The van der Waals surface area contributed by atoms with Gasteiger partial charge in [-0.2, -0.15) is 4.57 Å². The van der Waals surface area contributed by atoms with Crippen LogP contribution in [0.15, 0.2) is 97.6 Å². The maximum absolute atomic E-state index is 13.1. The van der Waals surface area contributed by atoms with Crippen molar-refractivity contribution in [3.63, 3.8) is 0 Å². The van der Waals surface area contributed by atoms with Crippen molar-refractivity contribution in [1.82, 2.24) is 0 Å². The number of nitrogens with zero attached hydrogens (tertiary/aromatic N) is 2. The van der Waals surface area contributed by atoms with Gasteiger partial charge in [0.1, 0.15) is 5.82 Å². The molecule has 30 heavy (non-hydrogen) atoms. The Bertz CT molecular complexity index is 1140. The van der Waals surface area contributed by atoms with Crippen LogP contribution in [0.3, 0.4) is 0 Å². The van der Waals surface area contributed by atoms with E-state index in [-0.39, 0.29) is 12.4 Å². The Labute approximate surface area is 174 Å². The molecule has 4 rings (SSSR count). The monoisotopic (exact) mass is 424 g/mol. The van der Waals surface area contributed by atoms with Gasteiger partial charge >= 0.3 is 7.60 Å². The van der Waals surface area contributed by atoms with Gasteiger partial charge in [0.2, 0.25) is 5.69 Å². The van der Waals surface area contributed by atoms with Crippen molar-refractivity contribution < 1.29 is 27.9 Å². The van der Waals surface area contributed by atoms with Gasteiger partial charge in [-0.3, -0.25) is 4.57 Å². The van der Waals surface area contributed by atoms with Crippen LogP contribution in [0, 0.1) is 5.82 Å². The van der Waals surface area contributed by atoms with Crippen LogP contribution in [-0.4, -0.2) is 14.9 Å². The molecule has 2 aromatic heterocycles. The molecule has 0 saturated heterocycles. The molecule has 3 aromatic rings. The third-order valence-corrected chi connectivity index (χ3v) is 6.97. The number of rotatable bonds is 5. The molecule has 1 aromatic carbocycles. The molecule has 0 spiro atoms. The fraction of sp³-hybridized carbons (Fsp3) is 0.130. The number of allylic oxidation sites excluding steroid dienone is 4. The summed E-state index contributed by atoms with van der Waals surface area (Å²) in [7, 11) is -4.33. The van der Waals surface area contributed by atoms with Gasteiger partial charge in [-0.05, 0) is 29.7 Å². The highest BCUT2D eigenvalue weighted by Gasteiger charge is 2.48. The van der Waals surface area contributed by atoms with Crippen molar-refractivity contribution in [2.45, 2.75) is 18.1 Å². The van der Waals surface area contributed by atoms with Gasteiger partial charge in [-0.15, -0.1) is 0 Å². The Morgan fingerprint density at radius 3 is 2.03 bits per heavy atom. The van der Waals surface area contributed by atoms with Crippen LogP contribution >= 0.6 is 7.60 Å². The average Bonchev–Trinajstić information content (AvgIpc) is 2.75. The van der Waals surface area contributed by atoms with Crippen molar-refractivity contribution in [2.24, 2.45) is 0 Å². The lowest BCUT2D eigenvalue weighted by molar-refractivity contribution is -0.699. The average molecular weight is 424 g/mol. The summed E-state index contributed by atoms with van der Waals surface area (Å²) in [5.41, 5.74) is 2.86. The van der Waals surface area contributed by atoms with Gasteiger partial charge < -0.3 is 9.79 Å². The van der Waals surface area contributed by atoms with E-state index in [9.17, 15) is 18.7 Å². The third kappa shape index (κ3) is 4.17. The highest BCUT2D eigenvalue weighted by molar-refractivity contribution is 7.53. The minimum absolute atomic E-state index is 0.192. The summed E-state index contributed by atoms with van der Waals surface area (Å²) in [6.45, 7) is 0.192. The molecule has 2 N–H and O–H groups in total. The van der Waals surface area contributed by atoms with Gasteiger partial charge in [0, 0.05) is 36.4 Å². The summed E-state index contributed by atoms with van der Waals surface area (Å²) in [5, 5.41) is -1.22. The second-order valence-corrected chi connectivity index (χ2v) is 9.35. The van der Waals surface area contributed by atoms with Crippen LogP contribution in [-0.2, 0) is 11.1 Å². The van der Waals surface area contributed by atoms with Crippen molar-refractivity contribution >= 4 is 7.60 Å². The molecule has 0 fully saturated rings. The number of hydrogen-bond donors (Lipinski definition) is 2. The minimum Gasteiger partial charge on any atom is -0.324 e. The van der Waals surface area contributed by atoms with E-state index < -0.39 is 12.8 Å². The fourth-order valence-corrected chi connectivity index (χ4v) is 4.53. The van der Waals surface area contributed by atoms with Crippen LogP contribution < -0.4 is 9.13 Å². The van der Waals surface area contributed by atoms with Crippen LogP contribution in [0.5, 0.6) is 0 Å². The second kappa shape index (κ2) is 8.07. The number of hydrogen-bond acceptors (Lipinski definition) is 1. The zero-order valence-electron chi connectivity index (χ0n) is 16.2. The molecule has 1 unspecified atom stereocenters. The van der Waals surface area contributed by atoms with Crippen molar-refractivity contribution in [1.29, 1.82) is 0 Å². The Morgan fingerprint density at radius 1 is 0.900 bits per heavy atom. The molecular weight excluding hydrogens is 402 g/mol. The molecule has 2 heterocycles. The van der Waals surface area contributed by atoms with E-state index in [4.69, 9.17) is 0 Å². The molecule has 0 aliphatic heterocycles. The maximum atomic E-state index is 13.1. The molecule has 7 heteroatoms. The third-order valence-electron chi connectivity index (χ3n) is 5.34. The predicted molar refractivity (Wildman–Crippen MR) is 111 cm³/mol. The minimum atomic E-state index is -4.33. The first kappa shape index (κ1) is 20.4. The Hall–Kier alpha value is -2.92. The summed E-state index contributed by atoms with van der Waals surface area (Å²) >= 11 is 0. The normalized spacial score (nSPS) is 18.5. The van der Waals surface area contributed by atoms with E-state index >= 15 is 0 Å². The molecular formula is C23H22FN2O3P+2. The number of benzene rings is 1. The molecule has 1 atom stereocenters. The van der Waals surface area contributed by atoms with Gasteiger partial charge in [0.15, 0.2) is 36.5 Å². The second-order valence-electron chi connectivity index (χ2n) is 7.37. The first-order valence-electron chi connectivity index (χ1n) is 9.53. The highest BCUT2D eigenvalue weighted by Crippen LogP contribution is 2.54. The molecule has 0 bridgehead atoms. The number of aromatic nitrogens is 2. The summed E-state index contributed by atoms with van der Waals surface area (Å²) in [6, 6.07) is 14.1. The summed E-state index contributed by atoms with van der Waals surface area (Å²) in [4.78, 5) is 19.8. The molecule has 1 aliphatic rings. The van der Waals surface area contributed by atoms with Crippen molar-refractivity contribution in [2.75, 3.05) is 0 Å². The Morgan fingerprint density at radius 2 is 1.50 bits per heavy atom. The number of pyridine rings is 2. The largest absolute Gasteiger partial charge is 0.342 e. The standard InChI is InChI=1S/C23H20FN2O3P/c24-21-4-6-22(7-5-21)26-16-10-20(11-17-26)19-8-14-25(15-9-19)18-23(30(27,28)29)12-2-1-3-13-23/h1-12,14-17H,13,18H2/p+2. The Balaban J connectivity index is 1.53. The van der Waals surface area contributed by atoms with Crippen LogP contribution in [0.2, 0.25) is 0 Å². The first-order valence-corrected chi connectivity index (χ1v) is 11.1. The first-order chi connectivity index (χ1) is 14.4. The van der Waals surface area contributed by atoms with Crippen molar-refractivity contribution in [3.05, 3.63) is 103 Å². The zero-order chi connectivity index (χ0) is 21.2. The molecule has 0 amide bonds. The van der Waals surface area contributed by atoms with E-state index in [1.54, 1.807) is 41.0 Å². The van der Waals surface area contributed by atoms with E-state index in [0.29, 0.717) is 6.42 Å². The molecule has 1 aliphatic carbocycles. The van der Waals surface area contributed by atoms with Gasteiger partial charge in [0.05, 0.1) is 0 Å². The van der Waals surface area contributed by atoms with E-state index in [0.717, 1.165) is 16.8 Å².